The van der Waals surface area contributed by atoms with Crippen LogP contribution in [-0.2, 0) is 14.3 Å². The van der Waals surface area contributed by atoms with Gasteiger partial charge < -0.3 is 9.47 Å². The van der Waals surface area contributed by atoms with E-state index in [-0.39, 0.29) is 11.7 Å². The molecule has 1 aliphatic heterocycles. The second kappa shape index (κ2) is 6.83. The highest BCUT2D eigenvalue weighted by atomic mass is 16.7. The van der Waals surface area contributed by atoms with Gasteiger partial charge in [-0.05, 0) is 99.7 Å². The van der Waals surface area contributed by atoms with Crippen LogP contribution in [0.1, 0.15) is 90.9 Å². The van der Waals surface area contributed by atoms with Gasteiger partial charge in [0.1, 0.15) is 5.78 Å². The van der Waals surface area contributed by atoms with Crippen LogP contribution in [0.5, 0.6) is 0 Å². The van der Waals surface area contributed by atoms with Gasteiger partial charge in [-0.3, -0.25) is 4.79 Å². The van der Waals surface area contributed by atoms with Gasteiger partial charge in [0.05, 0.1) is 6.10 Å². The number of Topliss-reactive ketones (excluding diaryl/α,β-unsaturated/α-hetero) is 1. The molecule has 4 saturated carbocycles. The quantitative estimate of drug-likeness (QED) is 0.598. The predicted molar refractivity (Wildman–Crippen MR) is 105 cm³/mol. The van der Waals surface area contributed by atoms with E-state index in [9.17, 15) is 4.79 Å². The summed E-state index contributed by atoms with van der Waals surface area (Å²) in [5.41, 5.74) is 0.492. The van der Waals surface area contributed by atoms with Crippen molar-refractivity contribution >= 4 is 5.78 Å². The topological polar surface area (TPSA) is 35.5 Å². The Kier molecular flexibility index (Phi) is 4.71. The van der Waals surface area contributed by atoms with Gasteiger partial charge in [0.25, 0.3) is 0 Å². The summed E-state index contributed by atoms with van der Waals surface area (Å²) in [5.74, 6) is 3.69. The summed E-state index contributed by atoms with van der Waals surface area (Å²) in [6, 6.07) is 0. The first kappa shape index (κ1) is 18.6. The molecule has 0 radical (unpaired) electrons. The monoisotopic (exact) mass is 374 g/mol. The molecule has 0 amide bonds. The first-order valence-electron chi connectivity index (χ1n) is 11.8. The standard InChI is InChI=1S/C24H38O3/c1-23-12-10-17(27-22-5-3-4-14-26-22)15-16(23)6-7-18-19-8-9-21(25)24(19,2)13-11-20(18)23/h16-20,22H,3-15H2,1-2H3/t16-,17-,18+,19+,20+,22-,23-,24-/m0/s1. The zero-order chi connectivity index (χ0) is 18.6. The number of carbonyl (C=O) groups excluding carboxylic acids is 1. The molecule has 0 spiro atoms. The van der Waals surface area contributed by atoms with E-state index in [1.54, 1.807) is 0 Å². The first-order chi connectivity index (χ1) is 13.0. The van der Waals surface area contributed by atoms with Gasteiger partial charge in [-0.2, -0.15) is 0 Å². The molecule has 0 N–H and O–H groups in total. The third-order valence-electron chi connectivity index (χ3n) is 9.81. The fraction of sp³-hybridized carbons (Fsp3) is 0.958. The van der Waals surface area contributed by atoms with Gasteiger partial charge in [0, 0.05) is 18.4 Å². The van der Waals surface area contributed by atoms with Gasteiger partial charge in [0.15, 0.2) is 6.29 Å². The molecule has 5 fully saturated rings. The average Bonchev–Trinajstić information content (AvgIpc) is 2.98. The van der Waals surface area contributed by atoms with Crippen molar-refractivity contribution in [2.75, 3.05) is 6.61 Å². The maximum Gasteiger partial charge on any atom is 0.157 e. The zero-order valence-corrected chi connectivity index (χ0v) is 17.4. The Hall–Kier alpha value is -0.410. The van der Waals surface area contributed by atoms with Crippen LogP contribution in [0.4, 0.5) is 0 Å². The molecule has 5 rings (SSSR count). The van der Waals surface area contributed by atoms with Gasteiger partial charge >= 0.3 is 0 Å². The fourth-order valence-corrected chi connectivity index (χ4v) is 8.15. The van der Waals surface area contributed by atoms with Crippen molar-refractivity contribution in [3.63, 3.8) is 0 Å². The number of ether oxygens (including phenoxy) is 2. The third kappa shape index (κ3) is 2.94. The van der Waals surface area contributed by atoms with Crippen LogP contribution < -0.4 is 0 Å². The van der Waals surface area contributed by atoms with Crippen molar-refractivity contribution in [2.24, 2.45) is 34.5 Å². The normalized spacial score (nSPS) is 52.7. The fourth-order valence-electron chi connectivity index (χ4n) is 8.15. The number of ketones is 1. The molecule has 4 aliphatic carbocycles. The molecule has 0 aromatic heterocycles. The molecule has 3 nitrogen and oxygen atoms in total. The average molecular weight is 375 g/mol. The minimum absolute atomic E-state index is 0.0169. The molecule has 152 valence electrons. The van der Waals surface area contributed by atoms with E-state index in [4.69, 9.17) is 9.47 Å². The van der Waals surface area contributed by atoms with Crippen LogP contribution in [-0.4, -0.2) is 24.8 Å². The number of hydrogen-bond donors (Lipinski definition) is 0. The summed E-state index contributed by atoms with van der Waals surface area (Å²) < 4.78 is 12.2. The molecular formula is C24H38O3. The van der Waals surface area contributed by atoms with Crippen molar-refractivity contribution in [1.82, 2.24) is 0 Å². The van der Waals surface area contributed by atoms with Gasteiger partial charge in [-0.25, -0.2) is 0 Å². The minimum Gasteiger partial charge on any atom is -0.353 e. The Bertz CT molecular complexity index is 582. The second-order valence-electron chi connectivity index (χ2n) is 10.9. The molecule has 0 unspecified atom stereocenters. The van der Waals surface area contributed by atoms with E-state index in [1.807, 2.05) is 0 Å². The molecular weight excluding hydrogens is 336 g/mol. The Morgan fingerprint density at radius 3 is 2.67 bits per heavy atom. The highest BCUT2D eigenvalue weighted by Gasteiger charge is 2.60. The highest BCUT2D eigenvalue weighted by molar-refractivity contribution is 5.87. The molecule has 0 bridgehead atoms. The van der Waals surface area contributed by atoms with Crippen molar-refractivity contribution in [3.05, 3.63) is 0 Å². The van der Waals surface area contributed by atoms with E-state index in [0.717, 1.165) is 43.6 Å². The summed E-state index contributed by atoms with van der Waals surface area (Å²) in [7, 11) is 0. The SMILES string of the molecule is C[C@]12CC[C@H](O[C@H]3CCCCO3)C[C@@H]1CC[C@H]1[C@H]2CC[C@]2(C)C(=O)CC[C@H]12. The number of rotatable bonds is 2. The van der Waals surface area contributed by atoms with E-state index >= 15 is 0 Å². The smallest absolute Gasteiger partial charge is 0.157 e. The maximum absolute atomic E-state index is 12.6. The van der Waals surface area contributed by atoms with E-state index in [0.29, 0.717) is 23.2 Å². The Labute approximate surface area is 164 Å². The maximum atomic E-state index is 12.6. The summed E-state index contributed by atoms with van der Waals surface area (Å²) >= 11 is 0. The lowest BCUT2D eigenvalue weighted by Gasteiger charge is -2.60. The third-order valence-corrected chi connectivity index (χ3v) is 9.81. The summed E-state index contributed by atoms with van der Waals surface area (Å²) in [6.07, 6.45) is 14.9. The Morgan fingerprint density at radius 2 is 1.85 bits per heavy atom. The van der Waals surface area contributed by atoms with Crippen molar-refractivity contribution in [2.45, 2.75) is 103 Å². The second-order valence-corrected chi connectivity index (χ2v) is 10.9. The summed E-state index contributed by atoms with van der Waals surface area (Å²) in [5, 5.41) is 0. The summed E-state index contributed by atoms with van der Waals surface area (Å²) in [4.78, 5) is 12.6. The van der Waals surface area contributed by atoms with Gasteiger partial charge in [-0.15, -0.1) is 0 Å². The molecule has 3 heteroatoms. The van der Waals surface area contributed by atoms with Crippen LogP contribution in [0.25, 0.3) is 0 Å². The van der Waals surface area contributed by atoms with Crippen molar-refractivity contribution in [1.29, 1.82) is 0 Å². The van der Waals surface area contributed by atoms with Gasteiger partial charge in [-0.1, -0.05) is 13.8 Å². The summed E-state index contributed by atoms with van der Waals surface area (Å²) in [6.45, 7) is 5.77. The molecule has 0 aromatic rings. The van der Waals surface area contributed by atoms with Crippen LogP contribution in [0.3, 0.4) is 0 Å². The van der Waals surface area contributed by atoms with Crippen molar-refractivity contribution in [3.8, 4) is 0 Å². The largest absolute Gasteiger partial charge is 0.353 e. The van der Waals surface area contributed by atoms with E-state index in [2.05, 4.69) is 13.8 Å². The van der Waals surface area contributed by atoms with Crippen LogP contribution in [0.15, 0.2) is 0 Å². The predicted octanol–water partition coefficient (Wildman–Crippen LogP) is 5.51. The van der Waals surface area contributed by atoms with Crippen LogP contribution >= 0.6 is 0 Å². The minimum atomic E-state index is 0.0169. The number of carbonyl (C=O) groups is 1. The zero-order valence-electron chi connectivity index (χ0n) is 17.4. The van der Waals surface area contributed by atoms with Gasteiger partial charge in [0.2, 0.25) is 0 Å². The van der Waals surface area contributed by atoms with Crippen molar-refractivity contribution < 1.29 is 14.3 Å². The van der Waals surface area contributed by atoms with Crippen LogP contribution in [0, 0.1) is 34.5 Å². The Balaban J connectivity index is 1.28. The molecule has 1 saturated heterocycles. The Morgan fingerprint density at radius 1 is 0.963 bits per heavy atom. The lowest BCUT2D eigenvalue weighted by Crippen LogP contribution is -2.54. The molecule has 27 heavy (non-hydrogen) atoms. The lowest BCUT2D eigenvalue weighted by atomic mass is 9.45. The molecule has 5 aliphatic rings. The molecule has 0 aromatic carbocycles. The molecule has 8 atom stereocenters. The number of hydrogen-bond acceptors (Lipinski definition) is 3. The highest BCUT2D eigenvalue weighted by Crippen LogP contribution is 2.65. The van der Waals surface area contributed by atoms with E-state index < -0.39 is 0 Å². The molecule has 1 heterocycles. The first-order valence-corrected chi connectivity index (χ1v) is 11.8. The lowest BCUT2D eigenvalue weighted by molar-refractivity contribution is -0.211. The van der Waals surface area contributed by atoms with E-state index in [1.165, 1.54) is 57.8 Å². The number of fused-ring (bicyclic) bond motifs is 5. The van der Waals surface area contributed by atoms with Crippen LogP contribution in [0.2, 0.25) is 0 Å².